The first-order chi connectivity index (χ1) is 9.27. The maximum Gasteiger partial charge on any atom is 0.330 e. The highest BCUT2D eigenvalue weighted by molar-refractivity contribution is 5.81. The number of ether oxygens (including phenoxy) is 1. The molecule has 0 aliphatic carbocycles. The van der Waals surface area contributed by atoms with Crippen molar-refractivity contribution in [1.29, 1.82) is 0 Å². The number of unbranched alkanes of at least 4 members (excludes halogenated alkanes) is 3. The lowest BCUT2D eigenvalue weighted by Crippen LogP contribution is -2.01. The molecule has 0 aliphatic rings. The molecule has 0 aliphatic heterocycles. The lowest BCUT2D eigenvalue weighted by molar-refractivity contribution is -0.137. The number of hydrogen-bond acceptors (Lipinski definition) is 2. The number of rotatable bonds is 9. The van der Waals surface area contributed by atoms with Gasteiger partial charge in [0.05, 0.1) is 6.61 Å². The van der Waals surface area contributed by atoms with E-state index in [9.17, 15) is 4.79 Å². The largest absolute Gasteiger partial charge is 0.463 e. The molecule has 1 rings (SSSR count). The summed E-state index contributed by atoms with van der Waals surface area (Å²) in [4.78, 5) is 10.8. The van der Waals surface area contributed by atoms with Crippen LogP contribution in [0.1, 0.15) is 43.7 Å². The molecule has 0 amide bonds. The van der Waals surface area contributed by atoms with Gasteiger partial charge >= 0.3 is 5.97 Å². The molecule has 2 nitrogen and oxygen atoms in total. The molecule has 0 atom stereocenters. The third-order valence-electron chi connectivity index (χ3n) is 3.25. The fourth-order valence-corrected chi connectivity index (χ4v) is 2.15. The highest BCUT2D eigenvalue weighted by Crippen LogP contribution is 2.13. The molecule has 1 aromatic carbocycles. The van der Waals surface area contributed by atoms with Crippen LogP contribution < -0.4 is 0 Å². The fourth-order valence-electron chi connectivity index (χ4n) is 2.15. The summed E-state index contributed by atoms with van der Waals surface area (Å²) in [6.07, 6.45) is 7.90. The topological polar surface area (TPSA) is 26.3 Å². The van der Waals surface area contributed by atoms with Crippen LogP contribution in [0.3, 0.4) is 0 Å². The van der Waals surface area contributed by atoms with E-state index in [4.69, 9.17) is 4.74 Å². The lowest BCUT2D eigenvalue weighted by atomic mass is 9.99. The first-order valence-corrected chi connectivity index (χ1v) is 7.14. The van der Waals surface area contributed by atoms with Gasteiger partial charge in [-0.05, 0) is 36.8 Å². The van der Waals surface area contributed by atoms with E-state index >= 15 is 0 Å². The van der Waals surface area contributed by atoms with Gasteiger partial charge in [0.1, 0.15) is 0 Å². The van der Waals surface area contributed by atoms with Crippen LogP contribution in [0.4, 0.5) is 0 Å². The second-order valence-corrected chi connectivity index (χ2v) is 4.66. The SMILES string of the molecule is C=CC(=O)OCCCCCCc1ccccc1CC. The smallest absolute Gasteiger partial charge is 0.330 e. The molecule has 0 unspecified atom stereocenters. The van der Waals surface area contributed by atoms with E-state index < -0.39 is 0 Å². The summed E-state index contributed by atoms with van der Waals surface area (Å²) in [5.74, 6) is -0.322. The molecule has 0 bridgehead atoms. The standard InChI is InChI=1S/C17H24O2/c1-3-15-11-8-9-13-16(15)12-7-5-6-10-14-19-17(18)4-2/h4,8-9,11,13H,2-3,5-7,10,12,14H2,1H3. The van der Waals surface area contributed by atoms with Gasteiger partial charge in [-0.2, -0.15) is 0 Å². The molecule has 0 saturated carbocycles. The van der Waals surface area contributed by atoms with E-state index in [1.807, 2.05) is 0 Å². The van der Waals surface area contributed by atoms with E-state index in [1.165, 1.54) is 30.0 Å². The van der Waals surface area contributed by atoms with Gasteiger partial charge in [-0.1, -0.05) is 50.6 Å². The Morgan fingerprint density at radius 2 is 1.84 bits per heavy atom. The molecule has 19 heavy (non-hydrogen) atoms. The van der Waals surface area contributed by atoms with Crippen molar-refractivity contribution in [1.82, 2.24) is 0 Å². The Hall–Kier alpha value is -1.57. The summed E-state index contributed by atoms with van der Waals surface area (Å²) in [5.41, 5.74) is 2.94. The summed E-state index contributed by atoms with van der Waals surface area (Å²) in [5, 5.41) is 0. The Morgan fingerprint density at radius 3 is 2.53 bits per heavy atom. The molecule has 0 fully saturated rings. The van der Waals surface area contributed by atoms with E-state index in [2.05, 4.69) is 37.8 Å². The lowest BCUT2D eigenvalue weighted by Gasteiger charge is -2.07. The summed E-state index contributed by atoms with van der Waals surface area (Å²) in [6.45, 7) is 6.08. The van der Waals surface area contributed by atoms with Gasteiger partial charge in [0.15, 0.2) is 0 Å². The highest BCUT2D eigenvalue weighted by Gasteiger charge is 2.00. The summed E-state index contributed by atoms with van der Waals surface area (Å²) < 4.78 is 4.94. The Bertz CT molecular complexity index is 396. The molecular formula is C17H24O2. The van der Waals surface area contributed by atoms with E-state index in [0.29, 0.717) is 6.61 Å². The van der Waals surface area contributed by atoms with Crippen LogP contribution in [0.2, 0.25) is 0 Å². The molecule has 1 aromatic rings. The Balaban J connectivity index is 2.10. The van der Waals surface area contributed by atoms with Gasteiger partial charge < -0.3 is 4.74 Å². The van der Waals surface area contributed by atoms with Crippen LogP contribution in [0.15, 0.2) is 36.9 Å². The molecule has 0 saturated heterocycles. The molecule has 0 spiro atoms. The van der Waals surface area contributed by atoms with Gasteiger partial charge in [-0.15, -0.1) is 0 Å². The van der Waals surface area contributed by atoms with Crippen molar-refractivity contribution in [3.8, 4) is 0 Å². The van der Waals surface area contributed by atoms with E-state index in [-0.39, 0.29) is 5.97 Å². The minimum atomic E-state index is -0.322. The van der Waals surface area contributed by atoms with Crippen LogP contribution in [0, 0.1) is 0 Å². The van der Waals surface area contributed by atoms with Crippen molar-refractivity contribution >= 4 is 5.97 Å². The first-order valence-electron chi connectivity index (χ1n) is 7.14. The average molecular weight is 260 g/mol. The maximum absolute atomic E-state index is 10.8. The summed E-state index contributed by atoms with van der Waals surface area (Å²) in [6, 6.07) is 8.66. The van der Waals surface area contributed by atoms with Gasteiger partial charge in [0.25, 0.3) is 0 Å². The minimum absolute atomic E-state index is 0.322. The summed E-state index contributed by atoms with van der Waals surface area (Å²) >= 11 is 0. The van der Waals surface area contributed by atoms with Crippen molar-refractivity contribution in [2.75, 3.05) is 6.61 Å². The molecule has 0 aromatic heterocycles. The third kappa shape index (κ3) is 6.23. The quantitative estimate of drug-likeness (QED) is 0.380. The van der Waals surface area contributed by atoms with Gasteiger partial charge in [0.2, 0.25) is 0 Å². The van der Waals surface area contributed by atoms with Crippen LogP contribution in [0.25, 0.3) is 0 Å². The monoisotopic (exact) mass is 260 g/mol. The van der Waals surface area contributed by atoms with Crippen LogP contribution in [-0.4, -0.2) is 12.6 Å². The van der Waals surface area contributed by atoms with Crippen LogP contribution in [-0.2, 0) is 22.4 Å². The predicted octanol–water partition coefficient (Wildman–Crippen LogP) is 4.08. The van der Waals surface area contributed by atoms with Crippen molar-refractivity contribution in [2.45, 2.75) is 45.4 Å². The average Bonchev–Trinajstić information content (AvgIpc) is 2.46. The van der Waals surface area contributed by atoms with Crippen LogP contribution in [0.5, 0.6) is 0 Å². The molecule has 0 N–H and O–H groups in total. The zero-order valence-electron chi connectivity index (χ0n) is 11.9. The zero-order valence-corrected chi connectivity index (χ0v) is 11.9. The number of carbonyl (C=O) groups is 1. The fraction of sp³-hybridized carbons (Fsp3) is 0.471. The minimum Gasteiger partial charge on any atom is -0.463 e. The normalized spacial score (nSPS) is 10.2. The summed E-state index contributed by atoms with van der Waals surface area (Å²) in [7, 11) is 0. The number of hydrogen-bond donors (Lipinski definition) is 0. The molecular weight excluding hydrogens is 236 g/mol. The number of esters is 1. The molecule has 0 radical (unpaired) electrons. The Labute approximate surface area is 116 Å². The van der Waals surface area contributed by atoms with E-state index in [0.717, 1.165) is 25.7 Å². The van der Waals surface area contributed by atoms with Crippen LogP contribution >= 0.6 is 0 Å². The highest BCUT2D eigenvalue weighted by atomic mass is 16.5. The van der Waals surface area contributed by atoms with Gasteiger partial charge in [-0.3, -0.25) is 0 Å². The Kier molecular flexibility index (Phi) is 7.64. The van der Waals surface area contributed by atoms with Crippen molar-refractivity contribution in [2.24, 2.45) is 0 Å². The van der Waals surface area contributed by atoms with Gasteiger partial charge in [0, 0.05) is 6.08 Å². The number of carbonyl (C=O) groups excluding carboxylic acids is 1. The predicted molar refractivity (Wildman–Crippen MR) is 79.1 cm³/mol. The Morgan fingerprint density at radius 1 is 1.16 bits per heavy atom. The van der Waals surface area contributed by atoms with E-state index in [1.54, 1.807) is 0 Å². The molecule has 2 heteroatoms. The maximum atomic E-state index is 10.8. The van der Waals surface area contributed by atoms with Gasteiger partial charge in [-0.25, -0.2) is 4.79 Å². The molecule has 0 heterocycles. The number of benzene rings is 1. The third-order valence-corrected chi connectivity index (χ3v) is 3.25. The van der Waals surface area contributed by atoms with Crippen molar-refractivity contribution in [3.05, 3.63) is 48.0 Å². The number of aryl methyl sites for hydroxylation is 2. The first kappa shape index (κ1) is 15.5. The van der Waals surface area contributed by atoms with Crippen molar-refractivity contribution < 1.29 is 9.53 Å². The second kappa shape index (κ2) is 9.37. The van der Waals surface area contributed by atoms with Crippen molar-refractivity contribution in [3.63, 3.8) is 0 Å². The molecule has 104 valence electrons. The zero-order chi connectivity index (χ0) is 13.9. The second-order valence-electron chi connectivity index (χ2n) is 4.66.